The lowest BCUT2D eigenvalue weighted by Gasteiger charge is -2.29. The summed E-state index contributed by atoms with van der Waals surface area (Å²) in [6, 6.07) is 12.4. The minimum absolute atomic E-state index is 0.182. The fourth-order valence-electron chi connectivity index (χ4n) is 3.28. The van der Waals surface area contributed by atoms with E-state index >= 15 is 0 Å². The Morgan fingerprint density at radius 3 is 2.38 bits per heavy atom. The number of benzene rings is 2. The molecule has 4 rings (SSSR count). The van der Waals surface area contributed by atoms with Crippen molar-refractivity contribution < 1.29 is 18.0 Å². The molecule has 2 aromatic carbocycles. The molecule has 0 spiro atoms. The number of halogens is 3. The Morgan fingerprint density at radius 2 is 1.69 bits per heavy atom. The number of fused-ring (bicyclic) bond motifs is 1. The van der Waals surface area contributed by atoms with Gasteiger partial charge in [0.1, 0.15) is 0 Å². The monoisotopic (exact) mass is 398 g/mol. The molecule has 1 amide bonds. The Bertz CT molecular complexity index is 1020. The summed E-state index contributed by atoms with van der Waals surface area (Å²) in [7, 11) is 0. The Hall–Kier alpha value is -3.42. The third-order valence-corrected chi connectivity index (χ3v) is 4.72. The summed E-state index contributed by atoms with van der Waals surface area (Å²) in [5, 5.41) is 2.83. The number of nitrogens with zero attached hydrogens (tertiary/aromatic N) is 3. The maximum atomic E-state index is 12.9. The van der Waals surface area contributed by atoms with Crippen molar-refractivity contribution in [1.29, 1.82) is 0 Å². The number of carbonyl (C=O) groups excluding carboxylic acids is 1. The van der Waals surface area contributed by atoms with E-state index in [1.807, 2.05) is 24.3 Å². The van der Waals surface area contributed by atoms with E-state index in [4.69, 9.17) is 0 Å². The highest BCUT2D eigenvalue weighted by Gasteiger charge is 2.30. The standard InChI is InChI=1S/C21H17F3N4O/c22-21(23,24)16-7-9-17(10-8-16)27-20-25-12-15(13-26-20)19(29)28-11-3-5-14-4-1-2-6-18(14)28/h1-2,4,6-10,12-13H,3,5,11H2,(H,25,26,27). The smallest absolute Gasteiger partial charge is 0.324 e. The van der Waals surface area contributed by atoms with Crippen molar-refractivity contribution in [2.75, 3.05) is 16.8 Å². The van der Waals surface area contributed by atoms with Gasteiger partial charge in [0.05, 0.1) is 11.1 Å². The molecule has 0 fully saturated rings. The molecule has 1 aliphatic heterocycles. The highest BCUT2D eigenvalue weighted by molar-refractivity contribution is 6.06. The first-order valence-electron chi connectivity index (χ1n) is 9.08. The van der Waals surface area contributed by atoms with Crippen molar-refractivity contribution >= 4 is 23.2 Å². The minimum atomic E-state index is -4.38. The number of anilines is 3. The van der Waals surface area contributed by atoms with E-state index in [-0.39, 0.29) is 11.9 Å². The first-order chi connectivity index (χ1) is 13.9. The maximum Gasteiger partial charge on any atom is 0.416 e. The lowest BCUT2D eigenvalue weighted by molar-refractivity contribution is -0.137. The van der Waals surface area contributed by atoms with Gasteiger partial charge < -0.3 is 10.2 Å². The number of aryl methyl sites for hydroxylation is 1. The first kappa shape index (κ1) is 18.9. The van der Waals surface area contributed by atoms with E-state index in [1.165, 1.54) is 24.5 Å². The number of hydrogen-bond donors (Lipinski definition) is 1. The van der Waals surface area contributed by atoms with Crippen LogP contribution in [0.5, 0.6) is 0 Å². The quantitative estimate of drug-likeness (QED) is 0.687. The van der Waals surface area contributed by atoms with Gasteiger partial charge in [-0.1, -0.05) is 18.2 Å². The Morgan fingerprint density at radius 1 is 1.00 bits per heavy atom. The second kappa shape index (κ2) is 7.54. The third-order valence-electron chi connectivity index (χ3n) is 4.72. The zero-order chi connectivity index (χ0) is 20.4. The maximum absolute atomic E-state index is 12.9. The predicted molar refractivity (Wildman–Crippen MR) is 103 cm³/mol. The molecule has 2 heterocycles. The van der Waals surface area contributed by atoms with Crippen LogP contribution in [-0.4, -0.2) is 22.4 Å². The summed E-state index contributed by atoms with van der Waals surface area (Å²) in [6.45, 7) is 0.626. The number of carbonyl (C=O) groups is 1. The van der Waals surface area contributed by atoms with Gasteiger partial charge in [-0.2, -0.15) is 13.2 Å². The molecule has 1 aliphatic rings. The minimum Gasteiger partial charge on any atom is -0.324 e. The number of rotatable bonds is 3. The molecule has 0 saturated carbocycles. The Labute approximate surface area is 165 Å². The second-order valence-electron chi connectivity index (χ2n) is 6.68. The van der Waals surface area contributed by atoms with E-state index in [2.05, 4.69) is 15.3 Å². The average Bonchev–Trinajstić information content (AvgIpc) is 2.73. The molecule has 0 unspecified atom stereocenters. The zero-order valence-electron chi connectivity index (χ0n) is 15.3. The van der Waals surface area contributed by atoms with Crippen LogP contribution in [0.15, 0.2) is 60.9 Å². The third kappa shape index (κ3) is 4.06. The van der Waals surface area contributed by atoms with Crippen molar-refractivity contribution in [1.82, 2.24) is 9.97 Å². The number of hydrogen-bond acceptors (Lipinski definition) is 4. The van der Waals surface area contributed by atoms with Crippen LogP contribution >= 0.6 is 0 Å². The SMILES string of the molecule is O=C(c1cnc(Nc2ccc(C(F)(F)F)cc2)nc1)N1CCCc2ccccc21. The summed E-state index contributed by atoms with van der Waals surface area (Å²) in [6.07, 6.45) is 0.270. The molecule has 0 saturated heterocycles. The lowest BCUT2D eigenvalue weighted by atomic mass is 10.0. The normalized spacial score (nSPS) is 13.7. The highest BCUT2D eigenvalue weighted by atomic mass is 19.4. The molecule has 0 atom stereocenters. The van der Waals surface area contributed by atoms with Crippen LogP contribution in [0.4, 0.5) is 30.5 Å². The van der Waals surface area contributed by atoms with Crippen LogP contribution < -0.4 is 10.2 Å². The summed E-state index contributed by atoms with van der Waals surface area (Å²) in [4.78, 5) is 22.9. The summed E-state index contributed by atoms with van der Waals surface area (Å²) in [5.74, 6) is 0.0126. The highest BCUT2D eigenvalue weighted by Crippen LogP contribution is 2.30. The molecule has 0 bridgehead atoms. The molecule has 3 aromatic rings. The van der Waals surface area contributed by atoms with Gasteiger partial charge in [-0.05, 0) is 48.7 Å². The predicted octanol–water partition coefficient (Wildman–Crippen LogP) is 4.83. The van der Waals surface area contributed by atoms with Gasteiger partial charge >= 0.3 is 6.18 Å². The van der Waals surface area contributed by atoms with Crippen molar-refractivity contribution in [3.05, 3.63) is 77.6 Å². The van der Waals surface area contributed by atoms with E-state index in [0.29, 0.717) is 17.8 Å². The van der Waals surface area contributed by atoms with Gasteiger partial charge in [-0.15, -0.1) is 0 Å². The molecular weight excluding hydrogens is 381 g/mol. The molecule has 29 heavy (non-hydrogen) atoms. The zero-order valence-corrected chi connectivity index (χ0v) is 15.3. The van der Waals surface area contributed by atoms with Crippen LogP contribution in [0, 0.1) is 0 Å². The van der Waals surface area contributed by atoms with Crippen LogP contribution in [0.3, 0.4) is 0 Å². The van der Waals surface area contributed by atoms with E-state index < -0.39 is 11.7 Å². The average molecular weight is 398 g/mol. The molecular formula is C21H17F3N4O. The number of nitrogens with one attached hydrogen (secondary N) is 1. The molecule has 0 aliphatic carbocycles. The van der Waals surface area contributed by atoms with Gasteiger partial charge in [-0.3, -0.25) is 4.79 Å². The van der Waals surface area contributed by atoms with Crippen LogP contribution in [0.2, 0.25) is 0 Å². The van der Waals surface area contributed by atoms with E-state index in [9.17, 15) is 18.0 Å². The van der Waals surface area contributed by atoms with Gasteiger partial charge in [0, 0.05) is 30.3 Å². The van der Waals surface area contributed by atoms with Gasteiger partial charge in [0.15, 0.2) is 0 Å². The van der Waals surface area contributed by atoms with Crippen molar-refractivity contribution in [2.45, 2.75) is 19.0 Å². The van der Waals surface area contributed by atoms with Crippen LogP contribution in [0.1, 0.15) is 27.9 Å². The van der Waals surface area contributed by atoms with Crippen LogP contribution in [-0.2, 0) is 12.6 Å². The second-order valence-corrected chi connectivity index (χ2v) is 6.68. The van der Waals surface area contributed by atoms with Crippen molar-refractivity contribution in [3.63, 3.8) is 0 Å². The van der Waals surface area contributed by atoms with E-state index in [1.54, 1.807) is 4.90 Å². The Kier molecular flexibility index (Phi) is 4.92. The molecule has 5 nitrogen and oxygen atoms in total. The summed E-state index contributed by atoms with van der Waals surface area (Å²) < 4.78 is 37.9. The van der Waals surface area contributed by atoms with Crippen LogP contribution in [0.25, 0.3) is 0 Å². The Balaban J connectivity index is 1.48. The first-order valence-corrected chi connectivity index (χ1v) is 9.08. The lowest BCUT2D eigenvalue weighted by Crippen LogP contribution is -2.35. The number of alkyl halides is 3. The number of aromatic nitrogens is 2. The number of amides is 1. The van der Waals surface area contributed by atoms with Crippen molar-refractivity contribution in [3.8, 4) is 0 Å². The van der Waals surface area contributed by atoms with E-state index in [0.717, 1.165) is 36.2 Å². The largest absolute Gasteiger partial charge is 0.416 e. The van der Waals surface area contributed by atoms with Gasteiger partial charge in [0.25, 0.3) is 5.91 Å². The molecule has 1 aromatic heterocycles. The topological polar surface area (TPSA) is 58.1 Å². The fourth-order valence-corrected chi connectivity index (χ4v) is 3.28. The molecule has 8 heteroatoms. The number of para-hydroxylation sites is 1. The molecule has 148 valence electrons. The van der Waals surface area contributed by atoms with Gasteiger partial charge in [0.2, 0.25) is 5.95 Å². The van der Waals surface area contributed by atoms with Gasteiger partial charge in [-0.25, -0.2) is 9.97 Å². The van der Waals surface area contributed by atoms with Crippen molar-refractivity contribution in [2.24, 2.45) is 0 Å². The molecule has 0 radical (unpaired) electrons. The molecule has 1 N–H and O–H groups in total. The summed E-state index contributed by atoms with van der Waals surface area (Å²) >= 11 is 0. The summed E-state index contributed by atoms with van der Waals surface area (Å²) in [5.41, 5.74) is 2.07. The fraction of sp³-hybridized carbons (Fsp3) is 0.190.